The van der Waals surface area contributed by atoms with Gasteiger partial charge in [0.1, 0.15) is 0 Å². The molecule has 2 aliphatic rings. The normalized spacial score (nSPS) is 21.2. The van der Waals surface area contributed by atoms with Crippen LogP contribution in [0.3, 0.4) is 0 Å². The number of hydrogen-bond acceptors (Lipinski definition) is 5. The lowest BCUT2D eigenvalue weighted by molar-refractivity contribution is -0.158. The Morgan fingerprint density at radius 2 is 1.77 bits per heavy atom. The van der Waals surface area contributed by atoms with Crippen molar-refractivity contribution < 1.29 is 23.9 Å². The van der Waals surface area contributed by atoms with E-state index in [9.17, 15) is 19.2 Å². The molecule has 0 unspecified atom stereocenters. The summed E-state index contributed by atoms with van der Waals surface area (Å²) in [6.45, 7) is 3.57. The van der Waals surface area contributed by atoms with Gasteiger partial charge in [-0.2, -0.15) is 0 Å². The summed E-state index contributed by atoms with van der Waals surface area (Å²) in [6.07, 6.45) is 2.86. The first-order valence-corrected chi connectivity index (χ1v) is 10.5. The molecule has 3 atom stereocenters. The van der Waals surface area contributed by atoms with E-state index in [1.54, 1.807) is 4.90 Å². The van der Waals surface area contributed by atoms with Crippen molar-refractivity contribution in [2.75, 3.05) is 6.54 Å². The molecule has 0 bridgehead atoms. The predicted octanol–water partition coefficient (Wildman–Crippen LogP) is 2.30. The minimum atomic E-state index is -1.12. The molecule has 4 amide bonds. The van der Waals surface area contributed by atoms with Crippen LogP contribution in [0.5, 0.6) is 0 Å². The topological polar surface area (TPSA) is 105 Å². The summed E-state index contributed by atoms with van der Waals surface area (Å²) < 4.78 is 5.24. The van der Waals surface area contributed by atoms with Crippen LogP contribution < -0.4 is 10.6 Å². The van der Waals surface area contributed by atoms with E-state index >= 15 is 0 Å². The number of imide groups is 1. The molecular weight excluding hydrogens is 386 g/mol. The molecule has 1 saturated heterocycles. The summed E-state index contributed by atoms with van der Waals surface area (Å²) >= 11 is 0. The third kappa shape index (κ3) is 5.37. The fourth-order valence-electron chi connectivity index (χ4n) is 4.00. The second-order valence-electron chi connectivity index (χ2n) is 8.06. The lowest BCUT2D eigenvalue weighted by Gasteiger charge is -2.25. The van der Waals surface area contributed by atoms with Gasteiger partial charge in [0.05, 0.1) is 12.0 Å². The van der Waals surface area contributed by atoms with Crippen molar-refractivity contribution in [2.24, 2.45) is 5.92 Å². The van der Waals surface area contributed by atoms with E-state index in [4.69, 9.17) is 4.74 Å². The minimum Gasteiger partial charge on any atom is -0.452 e. The quantitative estimate of drug-likeness (QED) is 0.694. The fraction of sp³-hybridized carbons (Fsp3) is 0.545. The predicted molar refractivity (Wildman–Crippen MR) is 109 cm³/mol. The van der Waals surface area contributed by atoms with Crippen LogP contribution in [0.2, 0.25) is 0 Å². The summed E-state index contributed by atoms with van der Waals surface area (Å²) in [7, 11) is 0. The Morgan fingerprint density at radius 1 is 1.10 bits per heavy atom. The van der Waals surface area contributed by atoms with Crippen LogP contribution in [-0.4, -0.2) is 47.4 Å². The number of amides is 4. The summed E-state index contributed by atoms with van der Waals surface area (Å²) in [5, 5.41) is 4.97. The van der Waals surface area contributed by atoms with Crippen molar-refractivity contribution in [3.63, 3.8) is 0 Å². The molecule has 30 heavy (non-hydrogen) atoms. The maximum atomic E-state index is 12.5. The Hall–Kier alpha value is -2.90. The highest BCUT2D eigenvalue weighted by molar-refractivity contribution is 5.97. The van der Waals surface area contributed by atoms with Crippen LogP contribution in [-0.2, 0) is 19.1 Å². The summed E-state index contributed by atoms with van der Waals surface area (Å²) in [6, 6.07) is 8.94. The Bertz CT molecular complexity index is 791. The van der Waals surface area contributed by atoms with Crippen molar-refractivity contribution in [1.82, 2.24) is 15.5 Å². The number of rotatable bonds is 6. The number of nitrogens with one attached hydrogen (secondary N) is 2. The van der Waals surface area contributed by atoms with E-state index in [1.807, 2.05) is 37.3 Å². The average molecular weight is 415 g/mol. The molecule has 1 saturated carbocycles. The molecule has 1 heterocycles. The first-order chi connectivity index (χ1) is 14.3. The van der Waals surface area contributed by atoms with Crippen molar-refractivity contribution in [2.45, 2.75) is 64.1 Å². The smallest absolute Gasteiger partial charge is 0.321 e. The SMILES string of the molecule is C[C@H](OC(=O)[C@@H]1CC(=O)N([C@H](C)c2ccccc2)C1)C(=O)NC(=O)NC1CCCC1. The lowest BCUT2D eigenvalue weighted by Crippen LogP contribution is -2.47. The highest BCUT2D eigenvalue weighted by Crippen LogP contribution is 2.29. The van der Waals surface area contributed by atoms with Crippen LogP contribution in [0.25, 0.3) is 0 Å². The van der Waals surface area contributed by atoms with E-state index in [0.717, 1.165) is 31.2 Å². The molecule has 0 aromatic heterocycles. The number of ether oxygens (including phenoxy) is 1. The third-order valence-electron chi connectivity index (χ3n) is 5.83. The van der Waals surface area contributed by atoms with Crippen molar-refractivity contribution >= 4 is 23.8 Å². The molecule has 3 rings (SSSR count). The zero-order valence-corrected chi connectivity index (χ0v) is 17.4. The molecule has 1 aromatic carbocycles. The van der Waals surface area contributed by atoms with Gasteiger partial charge in [-0.15, -0.1) is 0 Å². The van der Waals surface area contributed by atoms with Gasteiger partial charge in [-0.3, -0.25) is 19.7 Å². The number of hydrogen-bond donors (Lipinski definition) is 2. The molecule has 8 nitrogen and oxygen atoms in total. The Kier molecular flexibility index (Phi) is 7.07. The first-order valence-electron chi connectivity index (χ1n) is 10.5. The molecular formula is C22H29N3O5. The molecule has 1 aliphatic carbocycles. The van der Waals surface area contributed by atoms with Gasteiger partial charge < -0.3 is 15.0 Å². The number of benzene rings is 1. The van der Waals surface area contributed by atoms with Crippen LogP contribution >= 0.6 is 0 Å². The fourth-order valence-corrected chi connectivity index (χ4v) is 4.00. The van der Waals surface area contributed by atoms with Crippen LogP contribution in [0, 0.1) is 5.92 Å². The van der Waals surface area contributed by atoms with Gasteiger partial charge in [0.15, 0.2) is 6.10 Å². The third-order valence-corrected chi connectivity index (χ3v) is 5.83. The maximum Gasteiger partial charge on any atom is 0.321 e. The zero-order chi connectivity index (χ0) is 21.7. The Morgan fingerprint density at radius 3 is 2.43 bits per heavy atom. The van der Waals surface area contributed by atoms with Crippen molar-refractivity contribution in [3.05, 3.63) is 35.9 Å². The van der Waals surface area contributed by atoms with Crippen molar-refractivity contribution in [3.8, 4) is 0 Å². The first kappa shape index (κ1) is 21.8. The summed E-state index contributed by atoms with van der Waals surface area (Å²) in [5.74, 6) is -2.05. The number of urea groups is 1. The van der Waals surface area contributed by atoms with Gasteiger partial charge in [-0.25, -0.2) is 4.79 Å². The van der Waals surface area contributed by atoms with Crippen LogP contribution in [0.1, 0.15) is 57.6 Å². The minimum absolute atomic E-state index is 0.0481. The largest absolute Gasteiger partial charge is 0.452 e. The summed E-state index contributed by atoms with van der Waals surface area (Å²) in [5.41, 5.74) is 0.987. The van der Waals surface area contributed by atoms with E-state index in [2.05, 4.69) is 10.6 Å². The van der Waals surface area contributed by atoms with E-state index in [1.165, 1.54) is 6.92 Å². The van der Waals surface area contributed by atoms with Crippen molar-refractivity contribution in [1.29, 1.82) is 0 Å². The number of nitrogens with zero attached hydrogens (tertiary/aromatic N) is 1. The Balaban J connectivity index is 1.48. The van der Waals surface area contributed by atoms with Gasteiger partial charge >= 0.3 is 12.0 Å². The second-order valence-corrected chi connectivity index (χ2v) is 8.06. The molecule has 162 valence electrons. The Labute approximate surface area is 176 Å². The molecule has 1 aromatic rings. The highest BCUT2D eigenvalue weighted by Gasteiger charge is 2.39. The standard InChI is InChI=1S/C22H29N3O5/c1-14(16-8-4-3-5-9-16)25-13-17(12-19(25)26)21(28)30-15(2)20(27)24-22(29)23-18-10-6-7-11-18/h3-5,8-9,14-15,17-18H,6-7,10-13H2,1-2H3,(H2,23,24,27,29)/t14-,15+,17-/m1/s1. The van der Waals surface area contributed by atoms with Gasteiger partial charge in [-0.05, 0) is 32.3 Å². The van der Waals surface area contributed by atoms with E-state index in [-0.39, 0.29) is 31.0 Å². The van der Waals surface area contributed by atoms with Gasteiger partial charge in [0.2, 0.25) is 5.91 Å². The maximum absolute atomic E-state index is 12.5. The summed E-state index contributed by atoms with van der Waals surface area (Å²) in [4.78, 5) is 50.7. The molecule has 0 spiro atoms. The second kappa shape index (κ2) is 9.73. The van der Waals surface area contributed by atoms with Gasteiger partial charge in [0.25, 0.3) is 5.91 Å². The molecule has 2 fully saturated rings. The van der Waals surface area contributed by atoms with Crippen LogP contribution in [0.4, 0.5) is 4.79 Å². The average Bonchev–Trinajstić information content (AvgIpc) is 3.37. The lowest BCUT2D eigenvalue weighted by atomic mass is 10.1. The zero-order valence-electron chi connectivity index (χ0n) is 17.4. The van der Waals surface area contributed by atoms with Gasteiger partial charge in [-0.1, -0.05) is 43.2 Å². The van der Waals surface area contributed by atoms with Gasteiger partial charge in [0, 0.05) is 19.0 Å². The van der Waals surface area contributed by atoms with E-state index in [0.29, 0.717) is 0 Å². The monoisotopic (exact) mass is 415 g/mol. The molecule has 0 radical (unpaired) electrons. The number of carbonyl (C=O) groups is 4. The molecule has 2 N–H and O–H groups in total. The molecule has 1 aliphatic heterocycles. The van der Waals surface area contributed by atoms with Crippen LogP contribution in [0.15, 0.2) is 30.3 Å². The highest BCUT2D eigenvalue weighted by atomic mass is 16.5. The number of esters is 1. The number of likely N-dealkylation sites (tertiary alicyclic amines) is 1. The van der Waals surface area contributed by atoms with E-state index < -0.39 is 29.9 Å². The number of carbonyl (C=O) groups excluding carboxylic acids is 4. The molecule has 8 heteroatoms.